The number of pyridine rings is 1. The van der Waals surface area contributed by atoms with Crippen molar-refractivity contribution in [2.24, 2.45) is 11.8 Å². The molecule has 1 atom stereocenters. The Morgan fingerprint density at radius 3 is 2.48 bits per heavy atom. The number of aromatic nitrogens is 1. The van der Waals surface area contributed by atoms with Gasteiger partial charge in [-0.1, -0.05) is 13.8 Å². The molecule has 2 rings (SSSR count). The van der Waals surface area contributed by atoms with E-state index in [0.29, 0.717) is 25.7 Å². The normalized spacial score (nSPS) is 16.7. The first-order chi connectivity index (χ1) is 13.6. The van der Waals surface area contributed by atoms with Crippen LogP contribution in [0.25, 0.3) is 0 Å². The van der Waals surface area contributed by atoms with Gasteiger partial charge in [-0.3, -0.25) is 9.18 Å². The quantitative estimate of drug-likeness (QED) is 0.454. The average Bonchev–Trinajstić information content (AvgIpc) is 2.58. The number of hydrogen-bond acceptors (Lipinski definition) is 4. The predicted octanol–water partition coefficient (Wildman–Crippen LogP) is 3.46. The summed E-state index contributed by atoms with van der Waals surface area (Å²) in [5.41, 5.74) is -1.94. The van der Waals surface area contributed by atoms with Crippen molar-refractivity contribution in [3.8, 4) is 0 Å². The van der Waals surface area contributed by atoms with Crippen LogP contribution in [0.1, 0.15) is 44.4 Å². The molecule has 1 aliphatic rings. The monoisotopic (exact) mass is 420 g/mol. The van der Waals surface area contributed by atoms with Gasteiger partial charge in [-0.15, -0.1) is 0 Å². The summed E-state index contributed by atoms with van der Waals surface area (Å²) in [5, 5.41) is 0. The van der Waals surface area contributed by atoms with Gasteiger partial charge in [0.25, 0.3) is 5.56 Å². The summed E-state index contributed by atoms with van der Waals surface area (Å²) in [6.07, 6.45) is -3.22. The van der Waals surface area contributed by atoms with Crippen molar-refractivity contribution in [2.45, 2.75) is 45.8 Å². The lowest BCUT2D eigenvalue weighted by atomic mass is 9.99. The van der Waals surface area contributed by atoms with Gasteiger partial charge in [0.1, 0.15) is 6.04 Å². The Balaban J connectivity index is 2.36. The molecule has 0 spiro atoms. The minimum atomic E-state index is -4.68. The largest absolute Gasteiger partial charge is 0.464 e. The zero-order chi connectivity index (χ0) is 21.8. The number of likely N-dealkylation sites (tertiary alicyclic amines) is 1. The number of carbonyl (C=O) groups excluding carboxylic acids is 1. The number of nitrogens with zero attached hydrogens (tertiary/aromatic N) is 2. The first-order valence-electron chi connectivity index (χ1n) is 9.84. The molecule has 1 aromatic rings. The van der Waals surface area contributed by atoms with Gasteiger partial charge in [-0.2, -0.15) is 13.2 Å². The van der Waals surface area contributed by atoms with E-state index < -0.39 is 36.0 Å². The fourth-order valence-electron chi connectivity index (χ4n) is 3.54. The fourth-order valence-corrected chi connectivity index (χ4v) is 3.54. The highest BCUT2D eigenvalue weighted by molar-refractivity contribution is 5.74. The Labute approximate surface area is 167 Å². The smallest absolute Gasteiger partial charge is 0.416 e. The summed E-state index contributed by atoms with van der Waals surface area (Å²) in [7, 11) is 0. The molecular formula is C20H28F4N2O3. The van der Waals surface area contributed by atoms with Crippen LogP contribution in [-0.4, -0.2) is 48.4 Å². The number of hydrogen-bond donors (Lipinski definition) is 0. The van der Waals surface area contributed by atoms with Crippen molar-refractivity contribution in [1.29, 1.82) is 0 Å². The molecule has 2 heterocycles. The van der Waals surface area contributed by atoms with Crippen LogP contribution >= 0.6 is 0 Å². The molecule has 0 amide bonds. The third kappa shape index (κ3) is 6.04. The molecular weight excluding hydrogens is 392 g/mol. The summed E-state index contributed by atoms with van der Waals surface area (Å²) in [4.78, 5) is 26.7. The van der Waals surface area contributed by atoms with Gasteiger partial charge >= 0.3 is 12.1 Å². The second-order valence-corrected chi connectivity index (χ2v) is 7.88. The highest BCUT2D eigenvalue weighted by Crippen LogP contribution is 2.32. The first-order valence-corrected chi connectivity index (χ1v) is 9.84. The van der Waals surface area contributed by atoms with Gasteiger partial charge in [0.05, 0.1) is 18.8 Å². The van der Waals surface area contributed by atoms with Crippen LogP contribution in [0.3, 0.4) is 0 Å². The van der Waals surface area contributed by atoms with Gasteiger partial charge in [-0.05, 0) is 31.2 Å². The summed E-state index contributed by atoms with van der Waals surface area (Å²) < 4.78 is 59.1. The lowest BCUT2D eigenvalue weighted by Gasteiger charge is -2.37. The molecule has 0 bridgehead atoms. The maximum atomic E-state index is 13.5. The van der Waals surface area contributed by atoms with Crippen molar-refractivity contribution < 1.29 is 27.1 Å². The van der Waals surface area contributed by atoms with Crippen molar-refractivity contribution in [3.63, 3.8) is 0 Å². The number of esters is 1. The Morgan fingerprint density at radius 2 is 1.97 bits per heavy atom. The predicted molar refractivity (Wildman–Crippen MR) is 100 cm³/mol. The van der Waals surface area contributed by atoms with Crippen LogP contribution < -0.4 is 5.56 Å². The molecule has 0 aromatic carbocycles. The van der Waals surface area contributed by atoms with E-state index in [9.17, 15) is 27.2 Å². The number of rotatable bonds is 9. The van der Waals surface area contributed by atoms with Crippen molar-refractivity contribution in [3.05, 3.63) is 33.7 Å². The SMILES string of the molecule is CCOC(=O)C(CC(C)C)n1cc(CCN2CC(CF)C2)c(C(F)(F)F)cc1=O. The molecule has 0 aliphatic carbocycles. The summed E-state index contributed by atoms with van der Waals surface area (Å²) >= 11 is 0. The number of ether oxygens (including phenoxy) is 1. The van der Waals surface area contributed by atoms with Crippen LogP contribution in [-0.2, 0) is 22.1 Å². The van der Waals surface area contributed by atoms with E-state index in [-0.39, 0.29) is 36.8 Å². The van der Waals surface area contributed by atoms with Gasteiger partial charge in [0.2, 0.25) is 0 Å². The Hall–Kier alpha value is -1.90. The van der Waals surface area contributed by atoms with Crippen LogP contribution in [0.2, 0.25) is 0 Å². The minimum absolute atomic E-state index is 0.0285. The third-order valence-corrected chi connectivity index (χ3v) is 5.01. The van der Waals surface area contributed by atoms with Gasteiger partial charge in [0, 0.05) is 37.8 Å². The van der Waals surface area contributed by atoms with E-state index in [1.54, 1.807) is 6.92 Å². The van der Waals surface area contributed by atoms with Crippen LogP contribution in [0.5, 0.6) is 0 Å². The third-order valence-electron chi connectivity index (χ3n) is 5.01. The van der Waals surface area contributed by atoms with Crippen molar-refractivity contribution in [2.75, 3.05) is 32.9 Å². The van der Waals surface area contributed by atoms with E-state index in [2.05, 4.69) is 0 Å². The van der Waals surface area contributed by atoms with Gasteiger partial charge in [-0.25, -0.2) is 4.79 Å². The number of alkyl halides is 4. The Kier molecular flexibility index (Phi) is 7.85. The van der Waals surface area contributed by atoms with E-state index in [4.69, 9.17) is 4.74 Å². The molecule has 29 heavy (non-hydrogen) atoms. The molecule has 9 heteroatoms. The van der Waals surface area contributed by atoms with E-state index in [1.165, 1.54) is 0 Å². The molecule has 1 aliphatic heterocycles. The molecule has 0 N–H and O–H groups in total. The summed E-state index contributed by atoms with van der Waals surface area (Å²) in [6, 6.07) is -0.425. The lowest BCUT2D eigenvalue weighted by molar-refractivity contribution is -0.147. The maximum absolute atomic E-state index is 13.5. The highest BCUT2D eigenvalue weighted by atomic mass is 19.4. The molecule has 0 saturated carbocycles. The molecule has 1 unspecified atom stereocenters. The maximum Gasteiger partial charge on any atom is 0.416 e. The molecule has 1 fully saturated rings. The van der Waals surface area contributed by atoms with Gasteiger partial charge in [0.15, 0.2) is 0 Å². The van der Waals surface area contributed by atoms with Crippen molar-refractivity contribution >= 4 is 5.97 Å². The molecule has 0 radical (unpaired) electrons. The zero-order valence-corrected chi connectivity index (χ0v) is 17.0. The Bertz CT molecular complexity index is 755. The van der Waals surface area contributed by atoms with E-state index >= 15 is 0 Å². The number of halogens is 4. The second-order valence-electron chi connectivity index (χ2n) is 7.88. The lowest BCUT2D eigenvalue weighted by Crippen LogP contribution is -2.48. The fraction of sp³-hybridized carbons (Fsp3) is 0.700. The average molecular weight is 420 g/mol. The van der Waals surface area contributed by atoms with Crippen LogP contribution in [0.15, 0.2) is 17.1 Å². The van der Waals surface area contributed by atoms with E-state index in [0.717, 1.165) is 10.8 Å². The molecule has 1 aromatic heterocycles. The minimum Gasteiger partial charge on any atom is -0.464 e. The highest BCUT2D eigenvalue weighted by Gasteiger charge is 2.36. The second kappa shape index (κ2) is 9.73. The zero-order valence-electron chi connectivity index (χ0n) is 17.0. The summed E-state index contributed by atoms with van der Waals surface area (Å²) in [6.45, 7) is 6.36. The van der Waals surface area contributed by atoms with E-state index in [1.807, 2.05) is 18.7 Å². The molecule has 164 valence electrons. The Morgan fingerprint density at radius 1 is 1.31 bits per heavy atom. The molecule has 5 nitrogen and oxygen atoms in total. The standard InChI is InChI=1S/C20H28F4N2O3/c1-4-29-19(28)17(7-13(2)3)26-12-15(5-6-25-10-14(9-21)11-25)16(8-18(26)27)20(22,23)24/h8,12-14,17H,4-7,9-11H2,1-3H3. The molecule has 1 saturated heterocycles. The number of carbonyl (C=O) groups is 1. The van der Waals surface area contributed by atoms with Crippen molar-refractivity contribution in [1.82, 2.24) is 9.47 Å². The summed E-state index contributed by atoms with van der Waals surface area (Å²) in [5.74, 6) is -0.673. The first kappa shape index (κ1) is 23.4. The van der Waals surface area contributed by atoms with Crippen LogP contribution in [0.4, 0.5) is 17.6 Å². The van der Waals surface area contributed by atoms with Gasteiger partial charge < -0.3 is 14.2 Å². The van der Waals surface area contributed by atoms with Crippen LogP contribution in [0, 0.1) is 11.8 Å². The topological polar surface area (TPSA) is 51.5 Å².